The van der Waals surface area contributed by atoms with Gasteiger partial charge in [-0.15, -0.1) is 12.4 Å². The number of sulfone groups is 1. The van der Waals surface area contributed by atoms with Crippen LogP contribution in [0, 0.1) is 11.7 Å². The number of nitrogens with zero attached hydrogens (tertiary/aromatic N) is 1. The Hall–Kier alpha value is -0.740. The fourth-order valence-electron chi connectivity index (χ4n) is 3.05. The zero-order valence-corrected chi connectivity index (χ0v) is 17.0. The highest BCUT2D eigenvalue weighted by atomic mass is 35.5. The first-order valence-corrected chi connectivity index (χ1v) is 11.7. The second kappa shape index (κ2) is 8.10. The largest absolute Gasteiger partial charge is 0.314 e. The van der Waals surface area contributed by atoms with Gasteiger partial charge in [-0.25, -0.2) is 21.2 Å². The summed E-state index contributed by atoms with van der Waals surface area (Å²) in [6.07, 6.45) is 4.87. The van der Waals surface area contributed by atoms with E-state index in [9.17, 15) is 21.2 Å². The van der Waals surface area contributed by atoms with Gasteiger partial charge in [-0.2, -0.15) is 4.31 Å². The molecule has 1 aromatic carbocycles. The molecule has 1 aliphatic carbocycles. The molecule has 148 valence electrons. The quantitative estimate of drug-likeness (QED) is 0.749. The first-order chi connectivity index (χ1) is 11.7. The summed E-state index contributed by atoms with van der Waals surface area (Å²) < 4.78 is 63.6. The Balaban J connectivity index is 0.00000243. The number of hydrogen-bond acceptors (Lipinski definition) is 5. The Bertz CT molecular complexity index is 849. The third-order valence-electron chi connectivity index (χ3n) is 4.79. The molecule has 2 aliphatic rings. The molecular weight excluding hydrogens is 403 g/mol. The summed E-state index contributed by atoms with van der Waals surface area (Å²) in [6, 6.07) is 3.29. The van der Waals surface area contributed by atoms with E-state index in [1.807, 2.05) is 0 Å². The molecular formula is C16H24ClFN2O4S2. The number of piperidine rings is 1. The molecule has 0 amide bonds. The van der Waals surface area contributed by atoms with Gasteiger partial charge in [0.1, 0.15) is 10.7 Å². The summed E-state index contributed by atoms with van der Waals surface area (Å²) in [7, 11) is -7.55. The maximum absolute atomic E-state index is 14.0. The molecule has 3 rings (SSSR count). The zero-order valence-electron chi connectivity index (χ0n) is 14.5. The van der Waals surface area contributed by atoms with Crippen LogP contribution in [0.3, 0.4) is 0 Å². The highest BCUT2D eigenvalue weighted by Crippen LogP contribution is 2.28. The van der Waals surface area contributed by atoms with Crippen LogP contribution in [0.25, 0.3) is 0 Å². The molecule has 26 heavy (non-hydrogen) atoms. The van der Waals surface area contributed by atoms with Crippen molar-refractivity contribution in [3.63, 3.8) is 0 Å². The highest BCUT2D eigenvalue weighted by Gasteiger charge is 2.31. The minimum absolute atomic E-state index is 0. The predicted octanol–water partition coefficient (Wildman–Crippen LogP) is 1.80. The Labute approximate surface area is 160 Å². The summed E-state index contributed by atoms with van der Waals surface area (Å²) in [6.45, 7) is 1.75. The molecule has 1 saturated carbocycles. The van der Waals surface area contributed by atoms with Gasteiger partial charge in [0.15, 0.2) is 9.84 Å². The van der Waals surface area contributed by atoms with E-state index in [1.54, 1.807) is 0 Å². The molecule has 1 aliphatic heterocycles. The van der Waals surface area contributed by atoms with E-state index in [1.165, 1.54) is 17.1 Å². The molecule has 1 aromatic rings. The molecule has 0 radical (unpaired) electrons. The van der Waals surface area contributed by atoms with Crippen molar-refractivity contribution in [1.29, 1.82) is 0 Å². The molecule has 1 saturated heterocycles. The van der Waals surface area contributed by atoms with E-state index in [-0.39, 0.29) is 17.3 Å². The number of hydrogen-bond donors (Lipinski definition) is 1. The topological polar surface area (TPSA) is 83.5 Å². The van der Waals surface area contributed by atoms with Crippen molar-refractivity contribution in [2.24, 2.45) is 5.92 Å². The van der Waals surface area contributed by atoms with Crippen molar-refractivity contribution in [1.82, 2.24) is 9.62 Å². The fourth-order valence-corrected chi connectivity index (χ4v) is 5.26. The lowest BCUT2D eigenvalue weighted by atomic mass is 10.1. The molecule has 6 nitrogen and oxygen atoms in total. The summed E-state index contributed by atoms with van der Waals surface area (Å²) in [5, 5.41) is 3.48. The van der Waals surface area contributed by atoms with Gasteiger partial charge in [-0.1, -0.05) is 0 Å². The van der Waals surface area contributed by atoms with Gasteiger partial charge in [0.25, 0.3) is 0 Å². The normalized spacial score (nSPS) is 19.9. The van der Waals surface area contributed by atoms with Crippen LogP contribution < -0.4 is 5.32 Å². The first kappa shape index (κ1) is 21.6. The van der Waals surface area contributed by atoms with Gasteiger partial charge in [-0.3, -0.25) is 0 Å². The Morgan fingerprint density at radius 2 is 1.73 bits per heavy atom. The summed E-state index contributed by atoms with van der Waals surface area (Å²) in [5.41, 5.74) is 0. The lowest BCUT2D eigenvalue weighted by molar-refractivity contribution is 0.288. The Kier molecular flexibility index (Phi) is 6.71. The molecule has 0 bridgehead atoms. The van der Waals surface area contributed by atoms with E-state index < -0.39 is 30.6 Å². The van der Waals surface area contributed by atoms with Crippen molar-refractivity contribution < 1.29 is 21.2 Å². The van der Waals surface area contributed by atoms with E-state index >= 15 is 0 Å². The summed E-state index contributed by atoms with van der Waals surface area (Å²) >= 11 is 0. The van der Waals surface area contributed by atoms with Gasteiger partial charge >= 0.3 is 0 Å². The monoisotopic (exact) mass is 426 g/mol. The minimum Gasteiger partial charge on any atom is -0.314 e. The molecule has 0 unspecified atom stereocenters. The second-order valence-electron chi connectivity index (χ2n) is 6.89. The van der Waals surface area contributed by atoms with Crippen LogP contribution >= 0.6 is 12.4 Å². The second-order valence-corrected chi connectivity index (χ2v) is 10.8. The van der Waals surface area contributed by atoms with Gasteiger partial charge in [0, 0.05) is 25.4 Å². The maximum atomic E-state index is 14.0. The minimum atomic E-state index is -3.82. The van der Waals surface area contributed by atoms with Crippen LogP contribution in [-0.4, -0.2) is 53.1 Å². The van der Waals surface area contributed by atoms with Crippen LogP contribution in [0.1, 0.15) is 25.7 Å². The van der Waals surface area contributed by atoms with Crippen LogP contribution in [0.4, 0.5) is 4.39 Å². The predicted molar refractivity (Wildman–Crippen MR) is 99.3 cm³/mol. The lowest BCUT2D eigenvalue weighted by Crippen LogP contribution is -2.45. The molecule has 0 atom stereocenters. The van der Waals surface area contributed by atoms with Gasteiger partial charge in [0.2, 0.25) is 10.0 Å². The van der Waals surface area contributed by atoms with Crippen molar-refractivity contribution in [2.45, 2.75) is 41.5 Å². The Morgan fingerprint density at radius 1 is 1.12 bits per heavy atom. The maximum Gasteiger partial charge on any atom is 0.243 e. The average molecular weight is 427 g/mol. The molecule has 1 N–H and O–H groups in total. The van der Waals surface area contributed by atoms with Crippen LogP contribution in [0.5, 0.6) is 0 Å². The number of nitrogens with one attached hydrogen (secondary N) is 1. The first-order valence-electron chi connectivity index (χ1n) is 8.41. The third-order valence-corrected chi connectivity index (χ3v) is 7.81. The van der Waals surface area contributed by atoms with Crippen LogP contribution in [0.2, 0.25) is 0 Å². The van der Waals surface area contributed by atoms with Crippen molar-refractivity contribution in [2.75, 3.05) is 25.9 Å². The van der Waals surface area contributed by atoms with E-state index in [0.29, 0.717) is 19.1 Å². The van der Waals surface area contributed by atoms with E-state index in [2.05, 4.69) is 5.32 Å². The molecule has 1 heterocycles. The molecule has 2 fully saturated rings. The average Bonchev–Trinajstić information content (AvgIpc) is 3.36. The molecule has 0 aromatic heterocycles. The third kappa shape index (κ3) is 4.95. The van der Waals surface area contributed by atoms with E-state index in [4.69, 9.17) is 0 Å². The van der Waals surface area contributed by atoms with Crippen LogP contribution in [-0.2, 0) is 19.9 Å². The fraction of sp³-hybridized carbons (Fsp3) is 0.625. The van der Waals surface area contributed by atoms with Crippen molar-refractivity contribution in [3.8, 4) is 0 Å². The van der Waals surface area contributed by atoms with Crippen molar-refractivity contribution in [3.05, 3.63) is 24.0 Å². The summed E-state index contributed by atoms with van der Waals surface area (Å²) in [4.78, 5) is -0.698. The number of sulfonamides is 1. The van der Waals surface area contributed by atoms with Gasteiger partial charge in [-0.05, 0) is 56.3 Å². The highest BCUT2D eigenvalue weighted by molar-refractivity contribution is 7.90. The molecule has 0 spiro atoms. The number of halogens is 2. The van der Waals surface area contributed by atoms with Crippen LogP contribution in [0.15, 0.2) is 28.0 Å². The SMILES string of the molecule is CS(=O)(=O)c1ccc(S(=O)(=O)N2CCC(NCC3CC3)CC2)cc1F.Cl. The lowest BCUT2D eigenvalue weighted by Gasteiger charge is -2.31. The standard InChI is InChI=1S/C16H23FN2O4S2.ClH/c1-24(20,21)16-5-4-14(10-15(16)17)25(22,23)19-8-6-13(7-9-19)18-11-12-2-3-12;/h4-5,10,12-13,18H,2-3,6-9,11H2,1H3;1H. The van der Waals surface area contributed by atoms with E-state index in [0.717, 1.165) is 49.8 Å². The van der Waals surface area contributed by atoms with Gasteiger partial charge in [0.05, 0.1) is 4.90 Å². The smallest absolute Gasteiger partial charge is 0.243 e. The van der Waals surface area contributed by atoms with Crippen molar-refractivity contribution >= 4 is 32.3 Å². The molecule has 10 heteroatoms. The zero-order chi connectivity index (χ0) is 18.2. The summed E-state index contributed by atoms with van der Waals surface area (Å²) in [5.74, 6) is -0.261. The Morgan fingerprint density at radius 3 is 2.23 bits per heavy atom. The number of benzene rings is 1. The number of rotatable bonds is 6. The van der Waals surface area contributed by atoms with Gasteiger partial charge < -0.3 is 5.32 Å².